The minimum Gasteiger partial charge on any atom is -0.494 e. The Morgan fingerprint density at radius 3 is 2.55 bits per heavy atom. The molecule has 0 amide bonds. The summed E-state index contributed by atoms with van der Waals surface area (Å²) >= 11 is 1.39. The van der Waals surface area contributed by atoms with Gasteiger partial charge in [0.1, 0.15) is 5.82 Å². The molecule has 0 aliphatic carbocycles. The van der Waals surface area contributed by atoms with Crippen LogP contribution in [0.25, 0.3) is 11.3 Å². The maximum atomic E-state index is 13.7. The number of methoxy groups -OCH3 is 1. The van der Waals surface area contributed by atoms with Crippen LogP contribution in [-0.4, -0.2) is 12.1 Å². The van der Waals surface area contributed by atoms with Crippen LogP contribution in [0.4, 0.5) is 19.6 Å². The van der Waals surface area contributed by atoms with Crippen LogP contribution in [0.2, 0.25) is 0 Å². The van der Waals surface area contributed by atoms with Gasteiger partial charge in [-0.05, 0) is 42.5 Å². The van der Waals surface area contributed by atoms with Crippen LogP contribution in [0.5, 0.6) is 5.75 Å². The monoisotopic (exact) mass is 318 g/mol. The molecule has 0 unspecified atom stereocenters. The first-order valence-electron chi connectivity index (χ1n) is 6.48. The van der Waals surface area contributed by atoms with Gasteiger partial charge in [0.05, 0.1) is 12.8 Å². The van der Waals surface area contributed by atoms with Crippen LogP contribution in [0.3, 0.4) is 0 Å². The van der Waals surface area contributed by atoms with Crippen molar-refractivity contribution in [2.45, 2.75) is 0 Å². The van der Waals surface area contributed by atoms with Gasteiger partial charge in [-0.25, -0.2) is 13.8 Å². The van der Waals surface area contributed by atoms with Crippen LogP contribution in [0.1, 0.15) is 0 Å². The van der Waals surface area contributed by atoms with Gasteiger partial charge < -0.3 is 10.1 Å². The molecular formula is C16H12F2N2OS. The molecule has 0 bridgehead atoms. The molecule has 0 atom stereocenters. The van der Waals surface area contributed by atoms with Gasteiger partial charge in [-0.3, -0.25) is 0 Å². The van der Waals surface area contributed by atoms with Crippen molar-refractivity contribution in [3.8, 4) is 17.0 Å². The van der Waals surface area contributed by atoms with Crippen molar-refractivity contribution in [1.29, 1.82) is 0 Å². The van der Waals surface area contributed by atoms with Crippen molar-refractivity contribution >= 4 is 22.2 Å². The summed E-state index contributed by atoms with van der Waals surface area (Å²) in [6.07, 6.45) is 0. The Bertz CT molecular complexity index is 787. The Morgan fingerprint density at radius 1 is 1.09 bits per heavy atom. The first-order chi connectivity index (χ1) is 10.7. The summed E-state index contributed by atoms with van der Waals surface area (Å²) in [6.45, 7) is 0. The van der Waals surface area contributed by atoms with E-state index >= 15 is 0 Å². The molecule has 2 aromatic carbocycles. The molecule has 3 nitrogen and oxygen atoms in total. The number of benzene rings is 2. The first-order valence-corrected chi connectivity index (χ1v) is 7.36. The molecule has 112 valence electrons. The van der Waals surface area contributed by atoms with Crippen molar-refractivity contribution in [2.24, 2.45) is 0 Å². The van der Waals surface area contributed by atoms with Gasteiger partial charge in [-0.2, -0.15) is 0 Å². The smallest absolute Gasteiger partial charge is 0.187 e. The molecule has 1 N–H and O–H groups in total. The molecule has 0 aliphatic heterocycles. The summed E-state index contributed by atoms with van der Waals surface area (Å²) < 4.78 is 31.5. The number of rotatable bonds is 4. The zero-order valence-electron chi connectivity index (χ0n) is 11.6. The number of nitrogens with one attached hydrogen (secondary N) is 1. The minimum absolute atomic E-state index is 0.198. The van der Waals surface area contributed by atoms with E-state index in [2.05, 4.69) is 10.3 Å². The Labute approximate surface area is 130 Å². The summed E-state index contributed by atoms with van der Waals surface area (Å²) in [5, 5.41) is 5.56. The molecule has 0 aliphatic rings. The third-order valence-corrected chi connectivity index (χ3v) is 3.80. The number of ether oxygens (including phenoxy) is 1. The van der Waals surface area contributed by atoms with E-state index in [0.717, 1.165) is 5.69 Å². The molecule has 22 heavy (non-hydrogen) atoms. The zero-order valence-corrected chi connectivity index (χ0v) is 12.5. The standard InChI is InChI=1S/C16H12F2N2OS/c1-21-15-7-2-10(8-13(15)18)14-9-22-16(20-14)19-12-5-3-11(17)4-6-12/h2-9H,1H3,(H,19,20). The maximum Gasteiger partial charge on any atom is 0.187 e. The fourth-order valence-corrected chi connectivity index (χ4v) is 2.69. The van der Waals surface area contributed by atoms with E-state index in [1.807, 2.05) is 5.38 Å². The van der Waals surface area contributed by atoms with Crippen LogP contribution < -0.4 is 10.1 Å². The summed E-state index contributed by atoms with van der Waals surface area (Å²) in [4.78, 5) is 4.40. The number of hydrogen-bond donors (Lipinski definition) is 1. The topological polar surface area (TPSA) is 34.1 Å². The van der Waals surface area contributed by atoms with Gasteiger partial charge in [0, 0.05) is 16.6 Å². The van der Waals surface area contributed by atoms with Crippen molar-refractivity contribution < 1.29 is 13.5 Å². The van der Waals surface area contributed by atoms with Crippen molar-refractivity contribution in [3.63, 3.8) is 0 Å². The third kappa shape index (κ3) is 3.07. The van der Waals surface area contributed by atoms with E-state index in [9.17, 15) is 8.78 Å². The van der Waals surface area contributed by atoms with Gasteiger partial charge in [0.15, 0.2) is 16.7 Å². The Hall–Kier alpha value is -2.47. The second-order valence-electron chi connectivity index (χ2n) is 4.52. The lowest BCUT2D eigenvalue weighted by Gasteiger charge is -2.03. The van der Waals surface area contributed by atoms with Gasteiger partial charge in [0.25, 0.3) is 0 Å². The molecular weight excluding hydrogens is 306 g/mol. The molecule has 3 rings (SSSR count). The normalized spacial score (nSPS) is 10.5. The van der Waals surface area contributed by atoms with Gasteiger partial charge in [-0.15, -0.1) is 11.3 Å². The Kier molecular flexibility index (Phi) is 4.02. The van der Waals surface area contributed by atoms with Gasteiger partial charge in [-0.1, -0.05) is 0 Å². The maximum absolute atomic E-state index is 13.7. The molecule has 6 heteroatoms. The van der Waals surface area contributed by atoms with E-state index in [-0.39, 0.29) is 11.6 Å². The molecule has 0 saturated heterocycles. The SMILES string of the molecule is COc1ccc(-c2csc(Nc3ccc(F)cc3)n2)cc1F. The summed E-state index contributed by atoms with van der Waals surface area (Å²) in [5.74, 6) is -0.524. The molecule has 0 saturated carbocycles. The number of anilines is 2. The minimum atomic E-state index is -0.430. The van der Waals surface area contributed by atoms with Crippen molar-refractivity contribution in [3.05, 3.63) is 59.5 Å². The quantitative estimate of drug-likeness (QED) is 0.747. The van der Waals surface area contributed by atoms with Crippen LogP contribution in [0.15, 0.2) is 47.8 Å². The lowest BCUT2D eigenvalue weighted by molar-refractivity contribution is 0.386. The second kappa shape index (κ2) is 6.11. The van der Waals surface area contributed by atoms with Crippen LogP contribution >= 0.6 is 11.3 Å². The average molecular weight is 318 g/mol. The molecule has 3 aromatic rings. The van der Waals surface area contributed by atoms with Crippen molar-refractivity contribution in [2.75, 3.05) is 12.4 Å². The molecule has 1 heterocycles. The first kappa shape index (κ1) is 14.5. The molecule has 0 fully saturated rings. The predicted octanol–water partition coefficient (Wildman–Crippen LogP) is 4.84. The highest BCUT2D eigenvalue weighted by Gasteiger charge is 2.09. The van der Waals surface area contributed by atoms with Crippen molar-refractivity contribution in [1.82, 2.24) is 4.98 Å². The van der Waals surface area contributed by atoms with Crippen LogP contribution in [-0.2, 0) is 0 Å². The zero-order chi connectivity index (χ0) is 15.5. The number of thiazole rings is 1. The second-order valence-corrected chi connectivity index (χ2v) is 5.38. The fraction of sp³-hybridized carbons (Fsp3) is 0.0625. The predicted molar refractivity (Wildman–Crippen MR) is 83.7 cm³/mol. The van der Waals surface area contributed by atoms with Gasteiger partial charge in [0.2, 0.25) is 0 Å². The summed E-state index contributed by atoms with van der Waals surface area (Å²) in [5.41, 5.74) is 2.07. The van der Waals surface area contributed by atoms with Gasteiger partial charge >= 0.3 is 0 Å². The van der Waals surface area contributed by atoms with E-state index in [0.29, 0.717) is 16.4 Å². The largest absolute Gasteiger partial charge is 0.494 e. The lowest BCUT2D eigenvalue weighted by Crippen LogP contribution is -1.91. The van der Waals surface area contributed by atoms with E-state index < -0.39 is 5.82 Å². The van der Waals surface area contributed by atoms with E-state index in [1.165, 1.54) is 36.6 Å². The molecule has 0 spiro atoms. The average Bonchev–Trinajstić information content (AvgIpc) is 2.98. The summed E-state index contributed by atoms with van der Waals surface area (Å²) in [7, 11) is 1.42. The number of aromatic nitrogens is 1. The summed E-state index contributed by atoms with van der Waals surface area (Å²) in [6, 6.07) is 10.7. The highest BCUT2D eigenvalue weighted by Crippen LogP contribution is 2.29. The highest BCUT2D eigenvalue weighted by atomic mass is 32.1. The number of nitrogens with zero attached hydrogens (tertiary/aromatic N) is 1. The highest BCUT2D eigenvalue weighted by molar-refractivity contribution is 7.14. The Balaban J connectivity index is 1.81. The molecule has 1 aromatic heterocycles. The lowest BCUT2D eigenvalue weighted by atomic mass is 10.1. The third-order valence-electron chi connectivity index (χ3n) is 3.05. The number of halogens is 2. The molecule has 0 radical (unpaired) electrons. The Morgan fingerprint density at radius 2 is 1.86 bits per heavy atom. The fourth-order valence-electron chi connectivity index (χ4n) is 1.95. The van der Waals surface area contributed by atoms with E-state index in [1.54, 1.807) is 24.3 Å². The number of hydrogen-bond acceptors (Lipinski definition) is 4. The van der Waals surface area contributed by atoms with E-state index in [4.69, 9.17) is 4.74 Å². The van der Waals surface area contributed by atoms with Crippen LogP contribution in [0, 0.1) is 11.6 Å².